The molecule has 1 N–H and O–H groups in total. The molecule has 0 saturated heterocycles. The lowest BCUT2D eigenvalue weighted by Crippen LogP contribution is -2.15. The summed E-state index contributed by atoms with van der Waals surface area (Å²) in [6, 6.07) is 0. The van der Waals surface area contributed by atoms with Crippen LogP contribution in [0.4, 0.5) is 0 Å². The second-order valence-electron chi connectivity index (χ2n) is 4.34. The van der Waals surface area contributed by atoms with E-state index in [1.165, 1.54) is 0 Å². The average Bonchev–Trinajstić information content (AvgIpc) is 1.84. The molecule has 0 fully saturated rings. The molecule has 0 aromatic heterocycles. The first kappa shape index (κ1) is 12.0. The SMILES string of the molecule is [B][C@@H](CC(C)C)CC(C)[C@@H](C)O. The van der Waals surface area contributed by atoms with Crippen LogP contribution in [-0.4, -0.2) is 19.1 Å². The zero-order valence-corrected chi connectivity index (χ0v) is 8.75. The normalized spacial score (nSPS) is 19.2. The fraction of sp³-hybridized carbons (Fsp3) is 1.00. The highest BCUT2D eigenvalue weighted by atomic mass is 16.3. The summed E-state index contributed by atoms with van der Waals surface area (Å²) in [5.74, 6) is 1.22. The van der Waals surface area contributed by atoms with Gasteiger partial charge in [0.1, 0.15) is 0 Å². The molecule has 0 aliphatic carbocycles. The van der Waals surface area contributed by atoms with Crippen LogP contribution in [0.15, 0.2) is 0 Å². The van der Waals surface area contributed by atoms with Crippen molar-refractivity contribution in [2.24, 2.45) is 11.8 Å². The first-order valence-corrected chi connectivity index (χ1v) is 4.87. The van der Waals surface area contributed by atoms with E-state index in [9.17, 15) is 5.11 Å². The van der Waals surface area contributed by atoms with Crippen LogP contribution in [0, 0.1) is 11.8 Å². The summed E-state index contributed by atoms with van der Waals surface area (Å²) < 4.78 is 0. The van der Waals surface area contributed by atoms with E-state index in [1.54, 1.807) is 0 Å². The van der Waals surface area contributed by atoms with Crippen LogP contribution < -0.4 is 0 Å². The van der Waals surface area contributed by atoms with E-state index < -0.39 is 0 Å². The molecule has 0 spiro atoms. The Balaban J connectivity index is 3.61. The highest BCUT2D eigenvalue weighted by molar-refractivity contribution is 6.11. The summed E-state index contributed by atoms with van der Waals surface area (Å²) in [5, 5.41) is 9.25. The van der Waals surface area contributed by atoms with Gasteiger partial charge in [0.25, 0.3) is 0 Å². The third kappa shape index (κ3) is 5.65. The van der Waals surface area contributed by atoms with Crippen LogP contribution in [0.25, 0.3) is 0 Å². The van der Waals surface area contributed by atoms with E-state index in [-0.39, 0.29) is 11.9 Å². The molecular formula is C10H21BO. The van der Waals surface area contributed by atoms with E-state index in [0.717, 1.165) is 12.8 Å². The molecule has 0 amide bonds. The molecule has 0 aliphatic heterocycles. The lowest BCUT2D eigenvalue weighted by molar-refractivity contribution is 0.128. The highest BCUT2D eigenvalue weighted by Gasteiger charge is 2.13. The summed E-state index contributed by atoms with van der Waals surface area (Å²) in [7, 11) is 5.90. The molecule has 3 atom stereocenters. The maximum Gasteiger partial charge on any atom is 0.0699 e. The van der Waals surface area contributed by atoms with E-state index >= 15 is 0 Å². The van der Waals surface area contributed by atoms with Crippen molar-refractivity contribution in [2.45, 2.75) is 52.5 Å². The molecule has 0 bridgehead atoms. The molecule has 2 radical (unpaired) electrons. The quantitative estimate of drug-likeness (QED) is 0.625. The van der Waals surface area contributed by atoms with Crippen LogP contribution in [0.2, 0.25) is 5.82 Å². The number of aliphatic hydroxyl groups excluding tert-OH is 1. The lowest BCUT2D eigenvalue weighted by atomic mass is 9.74. The monoisotopic (exact) mass is 168 g/mol. The van der Waals surface area contributed by atoms with Crippen LogP contribution in [-0.2, 0) is 0 Å². The minimum atomic E-state index is -0.233. The number of hydrogen-bond donors (Lipinski definition) is 1. The van der Waals surface area contributed by atoms with Gasteiger partial charge in [-0.2, -0.15) is 0 Å². The van der Waals surface area contributed by atoms with Gasteiger partial charge in [0.15, 0.2) is 0 Å². The molecule has 70 valence electrons. The zero-order chi connectivity index (χ0) is 9.72. The van der Waals surface area contributed by atoms with Crippen molar-refractivity contribution in [3.63, 3.8) is 0 Å². The first-order chi connectivity index (χ1) is 5.43. The highest BCUT2D eigenvalue weighted by Crippen LogP contribution is 2.23. The van der Waals surface area contributed by atoms with Crippen molar-refractivity contribution in [1.82, 2.24) is 0 Å². The number of rotatable bonds is 5. The third-order valence-electron chi connectivity index (χ3n) is 2.27. The Morgan fingerprint density at radius 1 is 1.08 bits per heavy atom. The number of aliphatic hydroxyl groups is 1. The van der Waals surface area contributed by atoms with Crippen molar-refractivity contribution < 1.29 is 5.11 Å². The average molecular weight is 168 g/mol. The minimum Gasteiger partial charge on any atom is -0.393 e. The van der Waals surface area contributed by atoms with E-state index in [2.05, 4.69) is 13.8 Å². The van der Waals surface area contributed by atoms with Crippen molar-refractivity contribution in [3.05, 3.63) is 0 Å². The van der Waals surface area contributed by atoms with E-state index in [0.29, 0.717) is 11.8 Å². The van der Waals surface area contributed by atoms with Gasteiger partial charge in [-0.1, -0.05) is 39.4 Å². The minimum absolute atomic E-state index is 0.233. The standard InChI is InChI=1S/C10H21BO/c1-7(2)5-10(11)6-8(3)9(4)12/h7-10,12H,5-6H2,1-4H3/t8?,9-,10+/m1/s1. The maximum atomic E-state index is 9.25. The van der Waals surface area contributed by atoms with E-state index in [1.807, 2.05) is 13.8 Å². The van der Waals surface area contributed by atoms with Gasteiger partial charge in [-0.25, -0.2) is 0 Å². The zero-order valence-electron chi connectivity index (χ0n) is 8.75. The topological polar surface area (TPSA) is 20.2 Å². The first-order valence-electron chi connectivity index (χ1n) is 4.87. The predicted molar refractivity (Wildman–Crippen MR) is 54.4 cm³/mol. The Bertz CT molecular complexity index is 112. The van der Waals surface area contributed by atoms with Gasteiger partial charge >= 0.3 is 0 Å². The summed E-state index contributed by atoms with van der Waals surface area (Å²) in [6.07, 6.45) is 1.75. The van der Waals surface area contributed by atoms with Crippen molar-refractivity contribution in [3.8, 4) is 0 Å². The lowest BCUT2D eigenvalue weighted by Gasteiger charge is -2.20. The van der Waals surface area contributed by atoms with Crippen LogP contribution in [0.5, 0.6) is 0 Å². The van der Waals surface area contributed by atoms with Crippen molar-refractivity contribution in [2.75, 3.05) is 0 Å². The van der Waals surface area contributed by atoms with Gasteiger partial charge in [0.05, 0.1) is 14.0 Å². The van der Waals surface area contributed by atoms with Gasteiger partial charge < -0.3 is 5.11 Å². The molecule has 0 aromatic carbocycles. The fourth-order valence-electron chi connectivity index (χ4n) is 1.38. The van der Waals surface area contributed by atoms with Crippen LogP contribution in [0.3, 0.4) is 0 Å². The maximum absolute atomic E-state index is 9.25. The summed E-state index contributed by atoms with van der Waals surface area (Å²) in [4.78, 5) is 0. The van der Waals surface area contributed by atoms with Gasteiger partial charge in [-0.15, -0.1) is 0 Å². The second-order valence-corrected chi connectivity index (χ2v) is 4.34. The molecule has 0 heterocycles. The Morgan fingerprint density at radius 3 is 1.92 bits per heavy atom. The van der Waals surface area contributed by atoms with Gasteiger partial charge in [0.2, 0.25) is 0 Å². The largest absolute Gasteiger partial charge is 0.393 e. The van der Waals surface area contributed by atoms with Crippen LogP contribution in [0.1, 0.15) is 40.5 Å². The van der Waals surface area contributed by atoms with Gasteiger partial charge in [-0.05, 0) is 18.8 Å². The molecular weight excluding hydrogens is 147 g/mol. The fourth-order valence-corrected chi connectivity index (χ4v) is 1.38. The Kier molecular flexibility index (Phi) is 5.64. The molecule has 0 saturated carbocycles. The van der Waals surface area contributed by atoms with Crippen LogP contribution >= 0.6 is 0 Å². The smallest absolute Gasteiger partial charge is 0.0699 e. The number of hydrogen-bond acceptors (Lipinski definition) is 1. The Hall–Kier alpha value is 0.0249. The van der Waals surface area contributed by atoms with Gasteiger partial charge in [0, 0.05) is 0 Å². The third-order valence-corrected chi connectivity index (χ3v) is 2.27. The molecule has 1 nitrogen and oxygen atoms in total. The molecule has 2 heteroatoms. The summed E-state index contributed by atoms with van der Waals surface area (Å²) in [5.41, 5.74) is 0. The van der Waals surface area contributed by atoms with Crippen molar-refractivity contribution in [1.29, 1.82) is 0 Å². The van der Waals surface area contributed by atoms with Crippen molar-refractivity contribution >= 4 is 7.85 Å². The molecule has 0 aliphatic rings. The molecule has 0 aromatic rings. The van der Waals surface area contributed by atoms with E-state index in [4.69, 9.17) is 7.85 Å². The predicted octanol–water partition coefficient (Wildman–Crippen LogP) is 2.40. The summed E-state index contributed by atoms with van der Waals surface area (Å²) in [6.45, 7) is 8.22. The summed E-state index contributed by atoms with van der Waals surface area (Å²) >= 11 is 0. The molecule has 0 rings (SSSR count). The second kappa shape index (κ2) is 5.63. The Labute approximate surface area is 78.0 Å². The molecule has 1 unspecified atom stereocenters. The van der Waals surface area contributed by atoms with Gasteiger partial charge in [-0.3, -0.25) is 0 Å². The Morgan fingerprint density at radius 2 is 1.58 bits per heavy atom. The molecule has 12 heavy (non-hydrogen) atoms.